The number of quaternary nitrogens is 1. The molecule has 1 aromatic carbocycles. The number of benzene rings is 1. The molecule has 0 amide bonds. The van der Waals surface area contributed by atoms with Crippen LogP contribution in [0.2, 0.25) is 0 Å². The number of nitrogens with zero attached hydrogens (tertiary/aromatic N) is 3. The molecule has 0 radical (unpaired) electrons. The molecule has 26 heavy (non-hydrogen) atoms. The number of hydrogen-bond donors (Lipinski definition) is 1. The summed E-state index contributed by atoms with van der Waals surface area (Å²) in [4.78, 5) is 14.5. The first-order valence-electron chi connectivity index (χ1n) is 9.04. The van der Waals surface area contributed by atoms with E-state index in [0.29, 0.717) is 0 Å². The van der Waals surface area contributed by atoms with E-state index >= 15 is 0 Å². The zero-order chi connectivity index (χ0) is 17.4. The molecule has 5 rings (SSSR count). The van der Waals surface area contributed by atoms with Crippen LogP contribution in [0.4, 0.5) is 0 Å². The van der Waals surface area contributed by atoms with Gasteiger partial charge in [-0.3, -0.25) is 4.98 Å². The Morgan fingerprint density at radius 3 is 2.85 bits per heavy atom. The second kappa shape index (κ2) is 6.34. The Morgan fingerprint density at radius 2 is 1.96 bits per heavy atom. The van der Waals surface area contributed by atoms with Crippen LogP contribution in [0.3, 0.4) is 0 Å². The van der Waals surface area contributed by atoms with Crippen LogP contribution in [-0.2, 0) is 26.1 Å². The van der Waals surface area contributed by atoms with E-state index < -0.39 is 0 Å². The third kappa shape index (κ3) is 2.93. The third-order valence-corrected chi connectivity index (χ3v) is 6.27. The maximum atomic E-state index is 4.85. The monoisotopic (exact) mass is 361 g/mol. The maximum Gasteiger partial charge on any atom is 0.162 e. The summed E-state index contributed by atoms with van der Waals surface area (Å²) in [5.41, 5.74) is 4.85. The Bertz CT molecular complexity index is 1000. The molecule has 4 aromatic rings. The Hall–Kier alpha value is -2.50. The van der Waals surface area contributed by atoms with Gasteiger partial charge in [0.15, 0.2) is 5.82 Å². The first kappa shape index (κ1) is 15.7. The van der Waals surface area contributed by atoms with E-state index in [4.69, 9.17) is 4.98 Å². The molecule has 0 fully saturated rings. The van der Waals surface area contributed by atoms with Gasteiger partial charge in [0.1, 0.15) is 19.6 Å². The summed E-state index contributed by atoms with van der Waals surface area (Å²) in [5, 5.41) is 2.23. The van der Waals surface area contributed by atoms with Crippen LogP contribution in [0.1, 0.15) is 22.0 Å². The lowest BCUT2D eigenvalue weighted by Gasteiger charge is -2.40. The molecular weight excluding hydrogens is 340 g/mol. The van der Waals surface area contributed by atoms with Gasteiger partial charge in [-0.25, -0.2) is 4.98 Å². The fraction of sp³-hybridized carbons (Fsp3) is 0.238. The molecule has 1 unspecified atom stereocenters. The predicted octanol–water partition coefficient (Wildman–Crippen LogP) is 4.29. The number of imidazole rings is 1. The van der Waals surface area contributed by atoms with E-state index in [1.54, 1.807) is 0 Å². The number of H-pyrrole nitrogens is 1. The van der Waals surface area contributed by atoms with Crippen LogP contribution in [0.25, 0.3) is 11.0 Å². The minimum atomic E-state index is 0.905. The van der Waals surface area contributed by atoms with Crippen molar-refractivity contribution < 1.29 is 4.48 Å². The Kier molecular flexibility index (Phi) is 3.84. The Labute approximate surface area is 156 Å². The molecule has 1 aliphatic rings. The van der Waals surface area contributed by atoms with E-state index in [2.05, 4.69) is 51.7 Å². The van der Waals surface area contributed by atoms with Crippen LogP contribution in [0.5, 0.6) is 0 Å². The topological polar surface area (TPSA) is 41.6 Å². The third-order valence-electron chi connectivity index (χ3n) is 5.32. The highest BCUT2D eigenvalue weighted by atomic mass is 32.1. The van der Waals surface area contributed by atoms with Crippen molar-refractivity contribution in [3.05, 3.63) is 82.1 Å². The van der Waals surface area contributed by atoms with Crippen molar-refractivity contribution in [3.63, 3.8) is 0 Å². The van der Waals surface area contributed by atoms with Crippen molar-refractivity contribution in [3.8, 4) is 0 Å². The van der Waals surface area contributed by atoms with Gasteiger partial charge in [-0.05, 0) is 41.3 Å². The van der Waals surface area contributed by atoms with Crippen molar-refractivity contribution in [2.24, 2.45) is 0 Å². The molecule has 0 saturated carbocycles. The zero-order valence-corrected chi connectivity index (χ0v) is 15.4. The molecule has 4 nitrogen and oxygen atoms in total. The van der Waals surface area contributed by atoms with Crippen LogP contribution >= 0.6 is 11.3 Å². The average Bonchev–Trinajstić information content (AvgIpc) is 3.27. The number of fused-ring (bicyclic) bond motifs is 2. The highest BCUT2D eigenvalue weighted by Gasteiger charge is 2.35. The average molecular weight is 361 g/mol. The summed E-state index contributed by atoms with van der Waals surface area (Å²) < 4.78 is 0.977. The predicted molar refractivity (Wildman–Crippen MR) is 105 cm³/mol. The SMILES string of the molecule is c1ccc(C[N+]2(Cc3nc4ccccc4[nH]3)CCc3ccsc3C2)nc1. The molecular formula is C21H21N4S+. The molecule has 0 bridgehead atoms. The molecule has 5 heteroatoms. The molecule has 130 valence electrons. The van der Waals surface area contributed by atoms with Gasteiger partial charge in [0.2, 0.25) is 0 Å². The van der Waals surface area contributed by atoms with Crippen molar-refractivity contribution >= 4 is 22.4 Å². The minimum Gasteiger partial charge on any atom is -0.337 e. The molecule has 1 N–H and O–H groups in total. The van der Waals surface area contributed by atoms with Crippen molar-refractivity contribution in [2.75, 3.05) is 6.54 Å². The van der Waals surface area contributed by atoms with Crippen molar-refractivity contribution in [2.45, 2.75) is 26.1 Å². The Balaban J connectivity index is 1.51. The second-order valence-electron chi connectivity index (χ2n) is 7.18. The lowest BCUT2D eigenvalue weighted by Crippen LogP contribution is -2.49. The Morgan fingerprint density at radius 1 is 1.04 bits per heavy atom. The fourth-order valence-corrected chi connectivity index (χ4v) is 5.10. The lowest BCUT2D eigenvalue weighted by atomic mass is 10.0. The van der Waals surface area contributed by atoms with Gasteiger partial charge in [0.25, 0.3) is 0 Å². The maximum absolute atomic E-state index is 4.85. The van der Waals surface area contributed by atoms with E-state index in [1.807, 2.05) is 29.7 Å². The number of hydrogen-bond acceptors (Lipinski definition) is 3. The first-order chi connectivity index (χ1) is 12.8. The van der Waals surface area contributed by atoms with E-state index in [9.17, 15) is 0 Å². The number of aromatic nitrogens is 3. The minimum absolute atomic E-state index is 0.905. The van der Waals surface area contributed by atoms with Gasteiger partial charge in [-0.2, -0.15) is 0 Å². The standard InChI is InChI=1S/C21H21N4S/c1-2-7-19-18(6-1)23-21(24-19)15-25(13-17-5-3-4-10-22-17)11-8-16-9-12-26-20(16)14-25/h1-7,9-10,12H,8,11,13-15H2,(H,23,24)/q+1. The van der Waals surface area contributed by atoms with Gasteiger partial charge in [0.05, 0.1) is 28.1 Å². The van der Waals surface area contributed by atoms with Gasteiger partial charge < -0.3 is 9.47 Å². The smallest absolute Gasteiger partial charge is 0.162 e. The number of para-hydroxylation sites is 2. The van der Waals surface area contributed by atoms with Crippen LogP contribution < -0.4 is 0 Å². The largest absolute Gasteiger partial charge is 0.337 e. The zero-order valence-electron chi connectivity index (χ0n) is 14.6. The van der Waals surface area contributed by atoms with E-state index in [-0.39, 0.29) is 0 Å². The quantitative estimate of drug-likeness (QED) is 0.551. The number of aromatic amines is 1. The number of rotatable bonds is 4. The summed E-state index contributed by atoms with van der Waals surface area (Å²) in [6, 6.07) is 16.8. The number of pyridine rings is 1. The van der Waals surface area contributed by atoms with Gasteiger partial charge in [-0.15, -0.1) is 11.3 Å². The van der Waals surface area contributed by atoms with Crippen molar-refractivity contribution in [1.82, 2.24) is 15.0 Å². The van der Waals surface area contributed by atoms with E-state index in [1.165, 1.54) is 10.4 Å². The number of thiophene rings is 1. The van der Waals surface area contributed by atoms with Crippen LogP contribution in [-0.4, -0.2) is 26.0 Å². The van der Waals surface area contributed by atoms with Gasteiger partial charge >= 0.3 is 0 Å². The van der Waals surface area contributed by atoms with Gasteiger partial charge in [0, 0.05) is 12.6 Å². The summed E-state index contributed by atoms with van der Waals surface area (Å²) in [5.74, 6) is 1.07. The van der Waals surface area contributed by atoms with Crippen LogP contribution in [0.15, 0.2) is 60.1 Å². The van der Waals surface area contributed by atoms with Crippen LogP contribution in [0, 0.1) is 0 Å². The highest BCUT2D eigenvalue weighted by molar-refractivity contribution is 7.10. The molecule has 1 atom stereocenters. The number of nitrogens with one attached hydrogen (secondary N) is 1. The lowest BCUT2D eigenvalue weighted by molar-refractivity contribution is -0.968. The van der Waals surface area contributed by atoms with E-state index in [0.717, 1.165) is 59.6 Å². The molecule has 4 heterocycles. The van der Waals surface area contributed by atoms with Crippen molar-refractivity contribution in [1.29, 1.82) is 0 Å². The highest BCUT2D eigenvalue weighted by Crippen LogP contribution is 2.32. The molecule has 0 saturated heterocycles. The summed E-state index contributed by atoms with van der Waals surface area (Å²) in [6.45, 7) is 4.02. The molecule has 0 spiro atoms. The fourth-order valence-electron chi connectivity index (χ4n) is 4.03. The summed E-state index contributed by atoms with van der Waals surface area (Å²) >= 11 is 1.89. The normalized spacial score (nSPS) is 19.5. The van der Waals surface area contributed by atoms with Gasteiger partial charge in [-0.1, -0.05) is 18.2 Å². The second-order valence-corrected chi connectivity index (χ2v) is 8.18. The summed E-state index contributed by atoms with van der Waals surface area (Å²) in [6.07, 6.45) is 3.03. The molecule has 3 aromatic heterocycles. The first-order valence-corrected chi connectivity index (χ1v) is 9.92. The molecule has 0 aliphatic carbocycles. The molecule has 1 aliphatic heterocycles. The summed E-state index contributed by atoms with van der Waals surface area (Å²) in [7, 11) is 0.